The van der Waals surface area contributed by atoms with Crippen LogP contribution in [0.3, 0.4) is 0 Å². The summed E-state index contributed by atoms with van der Waals surface area (Å²) in [6.07, 6.45) is 0.0904. The van der Waals surface area contributed by atoms with Crippen LogP contribution >= 0.6 is 0 Å². The highest BCUT2D eigenvalue weighted by atomic mass is 16.5. The molecule has 0 aliphatic rings. The van der Waals surface area contributed by atoms with E-state index in [9.17, 15) is 9.59 Å². The molecule has 0 atom stereocenters. The lowest BCUT2D eigenvalue weighted by Gasteiger charge is -2.03. The highest BCUT2D eigenvalue weighted by Crippen LogP contribution is 2.25. The van der Waals surface area contributed by atoms with Crippen molar-refractivity contribution in [3.63, 3.8) is 0 Å². The number of aromatic nitrogens is 1. The van der Waals surface area contributed by atoms with Crippen molar-refractivity contribution in [2.24, 2.45) is 0 Å². The van der Waals surface area contributed by atoms with Crippen molar-refractivity contribution in [1.82, 2.24) is 4.98 Å². The van der Waals surface area contributed by atoms with Gasteiger partial charge in [0.25, 0.3) is 0 Å². The summed E-state index contributed by atoms with van der Waals surface area (Å²) < 4.78 is 10.0. The van der Waals surface area contributed by atoms with Crippen LogP contribution in [0.1, 0.15) is 29.9 Å². The average Bonchev–Trinajstić information content (AvgIpc) is 2.92. The summed E-state index contributed by atoms with van der Waals surface area (Å²) in [5.74, 6) is -0.744. The Balaban J connectivity index is 2.35. The van der Waals surface area contributed by atoms with Gasteiger partial charge in [-0.3, -0.25) is 4.79 Å². The number of ether oxygens (including phenoxy) is 2. The van der Waals surface area contributed by atoms with Gasteiger partial charge in [-0.1, -0.05) is 30.3 Å². The second-order valence-electron chi connectivity index (χ2n) is 4.65. The minimum Gasteiger partial charge on any atom is -0.466 e. The second-order valence-corrected chi connectivity index (χ2v) is 4.65. The number of aromatic amines is 1. The normalized spacial score (nSPS) is 10.3. The van der Waals surface area contributed by atoms with E-state index in [0.29, 0.717) is 30.2 Å². The third kappa shape index (κ3) is 3.75. The van der Waals surface area contributed by atoms with Crippen molar-refractivity contribution in [3.05, 3.63) is 47.7 Å². The summed E-state index contributed by atoms with van der Waals surface area (Å²) in [5.41, 5.74) is 2.56. The van der Waals surface area contributed by atoms with E-state index in [-0.39, 0.29) is 12.4 Å². The van der Waals surface area contributed by atoms with Crippen LogP contribution in [0.4, 0.5) is 0 Å². The average molecular weight is 301 g/mol. The molecule has 2 rings (SSSR count). The van der Waals surface area contributed by atoms with Gasteiger partial charge in [-0.2, -0.15) is 0 Å². The van der Waals surface area contributed by atoms with Crippen LogP contribution in [0.2, 0.25) is 0 Å². The Labute approximate surface area is 129 Å². The summed E-state index contributed by atoms with van der Waals surface area (Å²) >= 11 is 0. The molecule has 1 aromatic carbocycles. The van der Waals surface area contributed by atoms with E-state index >= 15 is 0 Å². The quantitative estimate of drug-likeness (QED) is 0.833. The van der Waals surface area contributed by atoms with E-state index in [1.807, 2.05) is 30.3 Å². The standard InChI is InChI=1S/C17H19NO4/c1-3-21-15(19)11-13-10-14(17(20)22-4-2)16(18-13)12-8-6-5-7-9-12/h5-10,18H,3-4,11H2,1-2H3. The van der Waals surface area contributed by atoms with E-state index < -0.39 is 5.97 Å². The summed E-state index contributed by atoms with van der Waals surface area (Å²) in [5, 5.41) is 0. The van der Waals surface area contributed by atoms with Crippen molar-refractivity contribution in [2.45, 2.75) is 20.3 Å². The molecule has 0 fully saturated rings. The number of H-pyrrole nitrogens is 1. The fourth-order valence-corrected chi connectivity index (χ4v) is 2.18. The fourth-order valence-electron chi connectivity index (χ4n) is 2.18. The van der Waals surface area contributed by atoms with Crippen LogP contribution in [0.15, 0.2) is 36.4 Å². The van der Waals surface area contributed by atoms with Gasteiger partial charge in [-0.25, -0.2) is 4.79 Å². The first-order valence-electron chi connectivity index (χ1n) is 7.25. The van der Waals surface area contributed by atoms with E-state index in [1.54, 1.807) is 19.9 Å². The largest absolute Gasteiger partial charge is 0.466 e. The molecule has 5 heteroatoms. The number of benzene rings is 1. The molecule has 0 bridgehead atoms. The molecule has 0 amide bonds. The summed E-state index contributed by atoms with van der Waals surface area (Å²) in [4.78, 5) is 26.8. The Morgan fingerprint density at radius 3 is 2.36 bits per heavy atom. The molecule has 0 aliphatic carbocycles. The van der Waals surface area contributed by atoms with Crippen LogP contribution in [0.5, 0.6) is 0 Å². The van der Waals surface area contributed by atoms with Crippen molar-refractivity contribution < 1.29 is 19.1 Å². The lowest BCUT2D eigenvalue weighted by atomic mass is 10.1. The lowest BCUT2D eigenvalue weighted by Crippen LogP contribution is -2.07. The summed E-state index contributed by atoms with van der Waals surface area (Å²) in [7, 11) is 0. The number of esters is 2. The smallest absolute Gasteiger partial charge is 0.340 e. The molecule has 0 aliphatic heterocycles. The van der Waals surface area contributed by atoms with Gasteiger partial charge in [-0.05, 0) is 25.5 Å². The zero-order valence-corrected chi connectivity index (χ0v) is 12.7. The number of hydrogen-bond donors (Lipinski definition) is 1. The SMILES string of the molecule is CCOC(=O)Cc1cc(C(=O)OCC)c(-c2ccccc2)[nH]1. The Bertz CT molecular complexity index is 646. The van der Waals surface area contributed by atoms with Gasteiger partial charge in [0.1, 0.15) is 0 Å². The van der Waals surface area contributed by atoms with E-state index in [0.717, 1.165) is 5.56 Å². The molecule has 0 unspecified atom stereocenters. The molecule has 2 aromatic rings. The van der Waals surface area contributed by atoms with Gasteiger partial charge < -0.3 is 14.5 Å². The molecule has 1 aromatic heterocycles. The summed E-state index contributed by atoms with van der Waals surface area (Å²) in [6.45, 7) is 4.14. The number of hydrogen-bond acceptors (Lipinski definition) is 4. The van der Waals surface area contributed by atoms with Crippen molar-refractivity contribution in [2.75, 3.05) is 13.2 Å². The second kappa shape index (κ2) is 7.45. The first-order valence-corrected chi connectivity index (χ1v) is 7.25. The third-order valence-electron chi connectivity index (χ3n) is 3.07. The van der Waals surface area contributed by atoms with Crippen LogP contribution in [0.25, 0.3) is 11.3 Å². The monoisotopic (exact) mass is 301 g/mol. The molecule has 1 N–H and O–H groups in total. The molecule has 0 radical (unpaired) electrons. The lowest BCUT2D eigenvalue weighted by molar-refractivity contribution is -0.142. The van der Waals surface area contributed by atoms with Gasteiger partial charge in [-0.15, -0.1) is 0 Å². The van der Waals surface area contributed by atoms with E-state index in [4.69, 9.17) is 9.47 Å². The zero-order chi connectivity index (χ0) is 15.9. The van der Waals surface area contributed by atoms with Crippen LogP contribution in [-0.2, 0) is 20.7 Å². The minimum absolute atomic E-state index is 0.0904. The first-order chi connectivity index (χ1) is 10.7. The fraction of sp³-hybridized carbons (Fsp3) is 0.294. The molecule has 0 saturated heterocycles. The van der Waals surface area contributed by atoms with Crippen LogP contribution in [-0.4, -0.2) is 30.1 Å². The molecule has 5 nitrogen and oxygen atoms in total. The van der Waals surface area contributed by atoms with Crippen molar-refractivity contribution in [3.8, 4) is 11.3 Å². The molecule has 0 spiro atoms. The Morgan fingerprint density at radius 2 is 1.73 bits per heavy atom. The highest BCUT2D eigenvalue weighted by molar-refractivity contribution is 5.97. The number of carbonyl (C=O) groups excluding carboxylic acids is 2. The van der Waals surface area contributed by atoms with Gasteiger partial charge >= 0.3 is 11.9 Å². The zero-order valence-electron chi connectivity index (χ0n) is 12.7. The van der Waals surface area contributed by atoms with E-state index in [1.165, 1.54) is 0 Å². The van der Waals surface area contributed by atoms with Crippen LogP contribution in [0, 0.1) is 0 Å². The van der Waals surface area contributed by atoms with Crippen molar-refractivity contribution >= 4 is 11.9 Å². The molecular weight excluding hydrogens is 282 g/mol. The maximum Gasteiger partial charge on any atom is 0.340 e. The predicted molar refractivity (Wildman–Crippen MR) is 82.5 cm³/mol. The molecule has 0 saturated carbocycles. The highest BCUT2D eigenvalue weighted by Gasteiger charge is 2.19. The van der Waals surface area contributed by atoms with Crippen molar-refractivity contribution in [1.29, 1.82) is 0 Å². The molecular formula is C17H19NO4. The predicted octanol–water partition coefficient (Wildman–Crippen LogP) is 2.96. The summed E-state index contributed by atoms with van der Waals surface area (Å²) in [6, 6.07) is 11.1. The van der Waals surface area contributed by atoms with Gasteiger partial charge in [0, 0.05) is 5.69 Å². The molecule has 116 valence electrons. The van der Waals surface area contributed by atoms with Crippen LogP contribution < -0.4 is 0 Å². The Morgan fingerprint density at radius 1 is 1.05 bits per heavy atom. The molecule has 22 heavy (non-hydrogen) atoms. The van der Waals surface area contributed by atoms with Gasteiger partial charge in [0.15, 0.2) is 0 Å². The van der Waals surface area contributed by atoms with Gasteiger partial charge in [0.2, 0.25) is 0 Å². The first kappa shape index (κ1) is 15.8. The topological polar surface area (TPSA) is 68.4 Å². The maximum absolute atomic E-state index is 12.1. The Kier molecular flexibility index (Phi) is 5.36. The number of carbonyl (C=O) groups is 2. The third-order valence-corrected chi connectivity index (χ3v) is 3.07. The maximum atomic E-state index is 12.1. The minimum atomic E-state index is -0.410. The number of nitrogens with one attached hydrogen (secondary N) is 1. The Hall–Kier alpha value is -2.56. The number of rotatable bonds is 6. The van der Waals surface area contributed by atoms with E-state index in [2.05, 4.69) is 4.98 Å². The van der Waals surface area contributed by atoms with Gasteiger partial charge in [0.05, 0.1) is 30.9 Å². The molecule has 1 heterocycles.